The van der Waals surface area contributed by atoms with E-state index in [2.05, 4.69) is 5.32 Å². The lowest BCUT2D eigenvalue weighted by molar-refractivity contribution is -0.117. The monoisotopic (exact) mass is 316 g/mol. The SMILES string of the molecule is NS(=O)(=O)c1ccc(C2CC2C(=O)Nc2ccccc2)cc1. The van der Waals surface area contributed by atoms with Crippen molar-refractivity contribution in [1.82, 2.24) is 0 Å². The van der Waals surface area contributed by atoms with Gasteiger partial charge in [-0.05, 0) is 42.2 Å². The highest BCUT2D eigenvalue weighted by Gasteiger charge is 2.43. The highest BCUT2D eigenvalue weighted by molar-refractivity contribution is 7.89. The fourth-order valence-electron chi connectivity index (χ4n) is 2.51. The van der Waals surface area contributed by atoms with Crippen LogP contribution in [0.1, 0.15) is 17.9 Å². The van der Waals surface area contributed by atoms with Crippen LogP contribution in [0.2, 0.25) is 0 Å². The molecule has 1 aliphatic carbocycles. The summed E-state index contributed by atoms with van der Waals surface area (Å²) in [6.45, 7) is 0. The number of primary sulfonamides is 1. The molecule has 1 amide bonds. The number of nitrogens with one attached hydrogen (secondary N) is 1. The van der Waals surface area contributed by atoms with E-state index in [9.17, 15) is 13.2 Å². The number of benzene rings is 2. The molecule has 22 heavy (non-hydrogen) atoms. The minimum Gasteiger partial charge on any atom is -0.326 e. The van der Waals surface area contributed by atoms with Crippen LogP contribution in [0.3, 0.4) is 0 Å². The van der Waals surface area contributed by atoms with Gasteiger partial charge in [-0.2, -0.15) is 0 Å². The summed E-state index contributed by atoms with van der Waals surface area (Å²) in [7, 11) is -3.67. The molecule has 6 heteroatoms. The molecule has 114 valence electrons. The fourth-order valence-corrected chi connectivity index (χ4v) is 3.03. The van der Waals surface area contributed by atoms with Gasteiger partial charge in [-0.1, -0.05) is 30.3 Å². The molecule has 0 saturated heterocycles. The van der Waals surface area contributed by atoms with E-state index in [0.717, 1.165) is 17.7 Å². The molecule has 1 aliphatic rings. The highest BCUT2D eigenvalue weighted by Crippen LogP contribution is 2.48. The molecule has 2 unspecified atom stereocenters. The quantitative estimate of drug-likeness (QED) is 0.905. The normalized spacial score (nSPS) is 20.4. The fraction of sp³-hybridized carbons (Fsp3) is 0.188. The Morgan fingerprint density at radius 1 is 1.05 bits per heavy atom. The van der Waals surface area contributed by atoms with Gasteiger partial charge in [0.05, 0.1) is 4.90 Å². The maximum Gasteiger partial charge on any atom is 0.238 e. The van der Waals surface area contributed by atoms with E-state index in [1.165, 1.54) is 12.1 Å². The third-order valence-corrected chi connectivity index (χ3v) is 4.73. The van der Waals surface area contributed by atoms with Crippen LogP contribution in [-0.2, 0) is 14.8 Å². The number of nitrogens with two attached hydrogens (primary N) is 1. The van der Waals surface area contributed by atoms with E-state index in [-0.39, 0.29) is 22.6 Å². The number of sulfonamides is 1. The van der Waals surface area contributed by atoms with Gasteiger partial charge < -0.3 is 5.32 Å². The van der Waals surface area contributed by atoms with Gasteiger partial charge in [-0.15, -0.1) is 0 Å². The second-order valence-electron chi connectivity index (χ2n) is 5.42. The maximum atomic E-state index is 12.2. The number of rotatable bonds is 4. The Balaban J connectivity index is 1.65. The van der Waals surface area contributed by atoms with Crippen molar-refractivity contribution in [2.24, 2.45) is 11.1 Å². The average molecular weight is 316 g/mol. The van der Waals surface area contributed by atoms with Gasteiger partial charge >= 0.3 is 0 Å². The van der Waals surface area contributed by atoms with Gasteiger partial charge in [-0.3, -0.25) is 4.79 Å². The maximum absolute atomic E-state index is 12.2. The number of anilines is 1. The van der Waals surface area contributed by atoms with Crippen molar-refractivity contribution in [2.75, 3.05) is 5.32 Å². The van der Waals surface area contributed by atoms with E-state index >= 15 is 0 Å². The van der Waals surface area contributed by atoms with Gasteiger partial charge in [0, 0.05) is 11.6 Å². The Morgan fingerprint density at radius 2 is 1.68 bits per heavy atom. The third-order valence-electron chi connectivity index (χ3n) is 3.81. The first-order valence-electron chi connectivity index (χ1n) is 6.94. The highest BCUT2D eigenvalue weighted by atomic mass is 32.2. The van der Waals surface area contributed by atoms with Gasteiger partial charge in [0.15, 0.2) is 0 Å². The molecule has 0 aromatic heterocycles. The Kier molecular flexibility index (Phi) is 3.72. The predicted molar refractivity (Wildman–Crippen MR) is 83.7 cm³/mol. The molecule has 1 fully saturated rings. The molecular weight excluding hydrogens is 300 g/mol. The van der Waals surface area contributed by atoms with Gasteiger partial charge in [0.1, 0.15) is 0 Å². The van der Waals surface area contributed by atoms with Crippen molar-refractivity contribution in [3.05, 3.63) is 60.2 Å². The minimum absolute atomic E-state index is 0.00766. The molecule has 2 atom stereocenters. The average Bonchev–Trinajstić information content (AvgIpc) is 3.28. The summed E-state index contributed by atoms with van der Waals surface area (Å²) in [6, 6.07) is 15.7. The van der Waals surface area contributed by atoms with Gasteiger partial charge in [0.2, 0.25) is 15.9 Å². The summed E-state index contributed by atoms with van der Waals surface area (Å²) >= 11 is 0. The van der Waals surface area contributed by atoms with Crippen molar-refractivity contribution >= 4 is 21.6 Å². The lowest BCUT2D eigenvalue weighted by Crippen LogP contribution is -2.14. The molecule has 2 aromatic rings. The van der Waals surface area contributed by atoms with Crippen LogP contribution in [-0.4, -0.2) is 14.3 Å². The molecule has 0 aliphatic heterocycles. The number of carbonyl (C=O) groups excluding carboxylic acids is 1. The van der Waals surface area contributed by atoms with Crippen LogP contribution in [0, 0.1) is 5.92 Å². The Morgan fingerprint density at radius 3 is 2.27 bits per heavy atom. The van der Waals surface area contributed by atoms with Crippen LogP contribution < -0.4 is 10.5 Å². The van der Waals surface area contributed by atoms with Crippen molar-refractivity contribution in [1.29, 1.82) is 0 Å². The summed E-state index contributed by atoms with van der Waals surface area (Å²) in [5, 5.41) is 7.95. The molecule has 1 saturated carbocycles. The molecule has 3 N–H and O–H groups in total. The van der Waals surface area contributed by atoms with Gasteiger partial charge in [0.25, 0.3) is 0 Å². The zero-order chi connectivity index (χ0) is 15.7. The Hall–Kier alpha value is -2.18. The second kappa shape index (κ2) is 5.55. The van der Waals surface area contributed by atoms with Crippen LogP contribution in [0.15, 0.2) is 59.5 Å². The summed E-state index contributed by atoms with van der Waals surface area (Å²) < 4.78 is 22.4. The van der Waals surface area contributed by atoms with Crippen molar-refractivity contribution in [2.45, 2.75) is 17.2 Å². The number of amides is 1. The molecular formula is C16H16N2O3S. The van der Waals surface area contributed by atoms with E-state index in [1.807, 2.05) is 30.3 Å². The Bertz CT molecular complexity index is 786. The van der Waals surface area contributed by atoms with Crippen molar-refractivity contribution < 1.29 is 13.2 Å². The van der Waals surface area contributed by atoms with E-state index < -0.39 is 10.0 Å². The van der Waals surface area contributed by atoms with E-state index in [4.69, 9.17) is 5.14 Å². The number of carbonyl (C=O) groups is 1. The summed E-state index contributed by atoms with van der Waals surface area (Å²) in [5.74, 6) is 0.0607. The largest absolute Gasteiger partial charge is 0.326 e. The van der Waals surface area contributed by atoms with Crippen LogP contribution in [0.5, 0.6) is 0 Å². The molecule has 5 nitrogen and oxygen atoms in total. The summed E-state index contributed by atoms with van der Waals surface area (Å²) in [5.41, 5.74) is 1.74. The van der Waals surface area contributed by atoms with Crippen molar-refractivity contribution in [3.8, 4) is 0 Å². The first kappa shape index (κ1) is 14.7. The van der Waals surface area contributed by atoms with Gasteiger partial charge in [-0.25, -0.2) is 13.6 Å². The third kappa shape index (κ3) is 3.18. The number of hydrogen-bond donors (Lipinski definition) is 2. The lowest BCUT2D eigenvalue weighted by atomic mass is 10.1. The molecule has 0 radical (unpaired) electrons. The zero-order valence-corrected chi connectivity index (χ0v) is 12.6. The molecule has 3 rings (SSSR count). The summed E-state index contributed by atoms with van der Waals surface area (Å²) in [6.07, 6.45) is 0.771. The smallest absolute Gasteiger partial charge is 0.238 e. The van der Waals surface area contributed by atoms with E-state index in [1.54, 1.807) is 12.1 Å². The zero-order valence-electron chi connectivity index (χ0n) is 11.8. The number of para-hydroxylation sites is 1. The Labute approximate surface area is 129 Å². The van der Waals surface area contributed by atoms with Crippen LogP contribution in [0.25, 0.3) is 0 Å². The van der Waals surface area contributed by atoms with Crippen molar-refractivity contribution in [3.63, 3.8) is 0 Å². The molecule has 2 aromatic carbocycles. The molecule has 0 heterocycles. The minimum atomic E-state index is -3.67. The summed E-state index contributed by atoms with van der Waals surface area (Å²) in [4.78, 5) is 12.2. The predicted octanol–water partition coefficient (Wildman–Crippen LogP) is 2.08. The second-order valence-corrected chi connectivity index (χ2v) is 6.98. The van der Waals surface area contributed by atoms with Crippen LogP contribution in [0.4, 0.5) is 5.69 Å². The molecule has 0 spiro atoms. The topological polar surface area (TPSA) is 89.3 Å². The van der Waals surface area contributed by atoms with Crippen LogP contribution >= 0.6 is 0 Å². The number of hydrogen-bond acceptors (Lipinski definition) is 3. The first-order chi connectivity index (χ1) is 10.4. The molecule has 0 bridgehead atoms. The lowest BCUT2D eigenvalue weighted by Gasteiger charge is -2.05. The first-order valence-corrected chi connectivity index (χ1v) is 8.48. The van der Waals surface area contributed by atoms with E-state index in [0.29, 0.717) is 0 Å². The standard InChI is InChI=1S/C16H16N2O3S/c17-22(20,21)13-8-6-11(7-9-13)14-10-15(14)16(19)18-12-4-2-1-3-5-12/h1-9,14-15H,10H2,(H,18,19)(H2,17,20,21).